The van der Waals surface area contributed by atoms with Crippen molar-refractivity contribution < 1.29 is 9.32 Å². The third-order valence-electron chi connectivity index (χ3n) is 5.00. The average Bonchev–Trinajstić information content (AvgIpc) is 3.29. The van der Waals surface area contributed by atoms with E-state index in [-0.39, 0.29) is 5.91 Å². The van der Waals surface area contributed by atoms with Crippen molar-refractivity contribution >= 4 is 5.91 Å². The Hall–Kier alpha value is -3.03. The Morgan fingerprint density at radius 1 is 1.11 bits per heavy atom. The van der Waals surface area contributed by atoms with Gasteiger partial charge in [0.25, 0.3) is 5.91 Å². The second-order valence-electron chi connectivity index (χ2n) is 6.99. The zero-order valence-corrected chi connectivity index (χ0v) is 15.5. The van der Waals surface area contributed by atoms with Crippen molar-refractivity contribution in [3.8, 4) is 5.69 Å². The molecule has 0 atom stereocenters. The Labute approximate surface area is 157 Å². The van der Waals surface area contributed by atoms with Crippen LogP contribution in [0.5, 0.6) is 0 Å². The summed E-state index contributed by atoms with van der Waals surface area (Å²) in [6.07, 6.45) is 4.71. The van der Waals surface area contributed by atoms with Crippen LogP contribution in [-0.2, 0) is 5.54 Å². The number of benzene rings is 1. The van der Waals surface area contributed by atoms with Crippen molar-refractivity contribution in [1.29, 1.82) is 0 Å². The number of aryl methyl sites for hydroxylation is 2. The van der Waals surface area contributed by atoms with Crippen LogP contribution < -0.4 is 5.32 Å². The van der Waals surface area contributed by atoms with Crippen molar-refractivity contribution in [3.63, 3.8) is 0 Å². The van der Waals surface area contributed by atoms with Gasteiger partial charge in [-0.2, -0.15) is 14.9 Å². The summed E-state index contributed by atoms with van der Waals surface area (Å²) < 4.78 is 5.17. The Morgan fingerprint density at radius 3 is 2.52 bits per heavy atom. The first-order valence-electron chi connectivity index (χ1n) is 9.20. The van der Waals surface area contributed by atoms with E-state index in [0.29, 0.717) is 23.1 Å². The number of hydrogen-bond donors (Lipinski definition) is 1. The number of rotatable bonds is 4. The SMILES string of the molecule is Cc1nc(C2(NC(=O)c3nn(-c4ccccc4)nc3C)CCCCC2)no1. The summed E-state index contributed by atoms with van der Waals surface area (Å²) in [6, 6.07) is 9.53. The second kappa shape index (κ2) is 6.94. The highest BCUT2D eigenvalue weighted by molar-refractivity contribution is 5.93. The second-order valence-corrected chi connectivity index (χ2v) is 6.99. The molecule has 1 N–H and O–H groups in total. The number of hydrogen-bond acceptors (Lipinski definition) is 6. The Kier molecular flexibility index (Phi) is 4.47. The molecule has 8 heteroatoms. The van der Waals surface area contributed by atoms with Crippen LogP contribution in [-0.4, -0.2) is 31.0 Å². The zero-order valence-electron chi connectivity index (χ0n) is 15.5. The minimum absolute atomic E-state index is 0.265. The maximum absolute atomic E-state index is 13.1. The van der Waals surface area contributed by atoms with Crippen LogP contribution in [0.25, 0.3) is 5.69 Å². The Morgan fingerprint density at radius 2 is 1.85 bits per heavy atom. The first-order valence-corrected chi connectivity index (χ1v) is 9.20. The molecular weight excluding hydrogens is 344 g/mol. The third-order valence-corrected chi connectivity index (χ3v) is 5.00. The standard InChI is InChI=1S/C19H22N6O2/c1-13-16(23-25(22-13)15-9-5-3-6-10-15)17(26)21-19(11-7-4-8-12-19)18-20-14(2)27-24-18/h3,5-6,9-10H,4,7-8,11-12H2,1-2H3,(H,21,26). The molecule has 8 nitrogen and oxygen atoms in total. The monoisotopic (exact) mass is 366 g/mol. The molecule has 2 heterocycles. The van der Waals surface area contributed by atoms with Crippen molar-refractivity contribution in [1.82, 2.24) is 30.5 Å². The van der Waals surface area contributed by atoms with E-state index in [1.54, 1.807) is 13.8 Å². The van der Waals surface area contributed by atoms with E-state index in [1.165, 1.54) is 4.80 Å². The molecule has 0 bridgehead atoms. The summed E-state index contributed by atoms with van der Waals surface area (Å²) in [5, 5.41) is 16.0. The summed E-state index contributed by atoms with van der Waals surface area (Å²) in [7, 11) is 0. The molecule has 0 saturated heterocycles. The Bertz CT molecular complexity index is 940. The fourth-order valence-corrected chi connectivity index (χ4v) is 3.60. The minimum atomic E-state index is -0.615. The third kappa shape index (κ3) is 3.34. The van der Waals surface area contributed by atoms with Crippen LogP contribution in [0.15, 0.2) is 34.9 Å². The van der Waals surface area contributed by atoms with Crippen molar-refractivity contribution in [2.45, 2.75) is 51.5 Å². The van der Waals surface area contributed by atoms with Crippen LogP contribution in [0.3, 0.4) is 0 Å². The molecule has 1 fully saturated rings. The van der Waals surface area contributed by atoms with Crippen molar-refractivity contribution in [2.75, 3.05) is 0 Å². The smallest absolute Gasteiger partial charge is 0.274 e. The molecule has 1 saturated carbocycles. The molecular formula is C19H22N6O2. The van der Waals surface area contributed by atoms with Crippen LogP contribution >= 0.6 is 0 Å². The van der Waals surface area contributed by atoms with Gasteiger partial charge in [0.2, 0.25) is 5.89 Å². The van der Waals surface area contributed by atoms with E-state index in [4.69, 9.17) is 4.52 Å². The molecule has 1 aliphatic rings. The van der Waals surface area contributed by atoms with E-state index in [9.17, 15) is 4.79 Å². The molecule has 140 valence electrons. The van der Waals surface area contributed by atoms with Gasteiger partial charge >= 0.3 is 0 Å². The fourth-order valence-electron chi connectivity index (χ4n) is 3.60. The number of para-hydroxylation sites is 1. The van der Waals surface area contributed by atoms with Gasteiger partial charge < -0.3 is 9.84 Å². The van der Waals surface area contributed by atoms with Gasteiger partial charge in [0.05, 0.1) is 11.4 Å². The lowest BCUT2D eigenvalue weighted by Gasteiger charge is -2.35. The predicted octanol–water partition coefficient (Wildman–Crippen LogP) is 2.86. The van der Waals surface area contributed by atoms with Gasteiger partial charge in [-0.15, -0.1) is 5.10 Å². The lowest BCUT2D eigenvalue weighted by molar-refractivity contribution is 0.0849. The molecule has 2 aromatic heterocycles. The van der Waals surface area contributed by atoms with Crippen LogP contribution in [0.1, 0.15) is 60.0 Å². The number of carbonyl (C=O) groups is 1. The van der Waals surface area contributed by atoms with Gasteiger partial charge in [-0.05, 0) is 31.9 Å². The van der Waals surface area contributed by atoms with Crippen molar-refractivity contribution in [3.05, 3.63) is 53.4 Å². The van der Waals surface area contributed by atoms with E-state index in [2.05, 4.69) is 25.7 Å². The highest BCUT2D eigenvalue weighted by Gasteiger charge is 2.40. The number of amides is 1. The largest absolute Gasteiger partial charge is 0.340 e. The predicted molar refractivity (Wildman–Crippen MR) is 97.4 cm³/mol. The molecule has 1 aromatic carbocycles. The maximum atomic E-state index is 13.1. The molecule has 3 aromatic rings. The van der Waals surface area contributed by atoms with Gasteiger partial charge in [0.1, 0.15) is 5.54 Å². The number of nitrogens with one attached hydrogen (secondary N) is 1. The molecule has 4 rings (SSSR count). The van der Waals surface area contributed by atoms with Gasteiger partial charge in [-0.3, -0.25) is 4.79 Å². The molecule has 0 aliphatic heterocycles. The van der Waals surface area contributed by atoms with E-state index < -0.39 is 5.54 Å². The van der Waals surface area contributed by atoms with E-state index in [1.807, 2.05) is 30.3 Å². The number of carbonyl (C=O) groups excluding carboxylic acids is 1. The summed E-state index contributed by atoms with van der Waals surface area (Å²) in [5.41, 5.74) is 1.08. The van der Waals surface area contributed by atoms with Gasteiger partial charge in [0, 0.05) is 6.92 Å². The maximum Gasteiger partial charge on any atom is 0.274 e. The normalized spacial score (nSPS) is 16.2. The highest BCUT2D eigenvalue weighted by Crippen LogP contribution is 2.36. The lowest BCUT2D eigenvalue weighted by Crippen LogP contribution is -2.48. The summed E-state index contributed by atoms with van der Waals surface area (Å²) >= 11 is 0. The van der Waals surface area contributed by atoms with Crippen LogP contribution in [0.4, 0.5) is 0 Å². The zero-order chi connectivity index (χ0) is 18.9. The minimum Gasteiger partial charge on any atom is -0.340 e. The molecule has 0 unspecified atom stereocenters. The first-order chi connectivity index (χ1) is 13.1. The number of nitrogens with zero attached hydrogens (tertiary/aromatic N) is 5. The Balaban J connectivity index is 1.63. The topological polar surface area (TPSA) is 98.7 Å². The average molecular weight is 366 g/mol. The summed E-state index contributed by atoms with van der Waals surface area (Å²) in [5.74, 6) is 0.774. The van der Waals surface area contributed by atoms with Crippen LogP contribution in [0, 0.1) is 13.8 Å². The molecule has 1 amide bonds. The first kappa shape index (κ1) is 17.4. The molecule has 27 heavy (non-hydrogen) atoms. The van der Waals surface area contributed by atoms with Crippen molar-refractivity contribution in [2.24, 2.45) is 0 Å². The van der Waals surface area contributed by atoms with E-state index in [0.717, 1.165) is 37.8 Å². The van der Waals surface area contributed by atoms with Gasteiger partial charge in [-0.1, -0.05) is 42.6 Å². The molecule has 0 radical (unpaired) electrons. The van der Waals surface area contributed by atoms with Gasteiger partial charge in [0.15, 0.2) is 11.5 Å². The lowest BCUT2D eigenvalue weighted by atomic mass is 9.81. The fraction of sp³-hybridized carbons (Fsp3) is 0.421. The van der Waals surface area contributed by atoms with Gasteiger partial charge in [-0.25, -0.2) is 0 Å². The summed E-state index contributed by atoms with van der Waals surface area (Å²) in [4.78, 5) is 18.9. The highest BCUT2D eigenvalue weighted by atomic mass is 16.5. The quantitative estimate of drug-likeness (QED) is 0.762. The van der Waals surface area contributed by atoms with Crippen LogP contribution in [0.2, 0.25) is 0 Å². The number of aromatic nitrogens is 5. The molecule has 1 aliphatic carbocycles. The molecule has 0 spiro atoms. The van der Waals surface area contributed by atoms with E-state index >= 15 is 0 Å². The summed E-state index contributed by atoms with van der Waals surface area (Å²) in [6.45, 7) is 3.54.